The van der Waals surface area contributed by atoms with Gasteiger partial charge in [-0.1, -0.05) is 19.1 Å². The van der Waals surface area contributed by atoms with Gasteiger partial charge >= 0.3 is 0 Å². The molecule has 1 aromatic carbocycles. The third-order valence-corrected chi connectivity index (χ3v) is 3.60. The van der Waals surface area contributed by atoms with Gasteiger partial charge in [-0.05, 0) is 42.9 Å². The smallest absolute Gasteiger partial charge is 0.118 e. The molecule has 0 aromatic heterocycles. The number of ether oxygens (including phenoxy) is 1. The first-order chi connectivity index (χ1) is 7.16. The summed E-state index contributed by atoms with van der Waals surface area (Å²) >= 11 is 0. The Morgan fingerprint density at radius 1 is 1.33 bits per heavy atom. The summed E-state index contributed by atoms with van der Waals surface area (Å²) in [4.78, 5) is 0. The maximum atomic E-state index is 10.6. The van der Waals surface area contributed by atoms with Crippen LogP contribution in [0, 0.1) is 5.92 Å². The Kier molecular flexibility index (Phi) is 2.70. The van der Waals surface area contributed by atoms with Crippen LogP contribution in [0.1, 0.15) is 31.7 Å². The van der Waals surface area contributed by atoms with E-state index in [4.69, 9.17) is 4.74 Å². The predicted octanol–water partition coefficient (Wildman–Crippen LogP) is 2.70. The Bertz CT molecular complexity index is 331. The van der Waals surface area contributed by atoms with Crippen molar-refractivity contribution in [2.24, 2.45) is 5.92 Å². The molecule has 1 aliphatic rings. The molecule has 0 heterocycles. The number of benzene rings is 1. The van der Waals surface area contributed by atoms with Crippen LogP contribution in [0.25, 0.3) is 0 Å². The molecule has 2 atom stereocenters. The molecule has 2 heteroatoms. The minimum atomic E-state index is -0.619. The van der Waals surface area contributed by atoms with Crippen molar-refractivity contribution in [3.63, 3.8) is 0 Å². The zero-order valence-corrected chi connectivity index (χ0v) is 9.36. The summed E-state index contributed by atoms with van der Waals surface area (Å²) in [6.07, 6.45) is 3.10. The average Bonchev–Trinajstić information content (AvgIpc) is 2.61. The second-order valence-electron chi connectivity index (χ2n) is 4.45. The molecule has 1 aliphatic carbocycles. The standard InChI is InChI=1S/C13H18O2/c1-10-4-3-9-13(10,14)11-5-7-12(15-2)8-6-11/h5-8,10,14H,3-4,9H2,1-2H3/t10-,13+/m1/s1. The molecule has 0 amide bonds. The van der Waals surface area contributed by atoms with Crippen LogP contribution in [0.2, 0.25) is 0 Å². The summed E-state index contributed by atoms with van der Waals surface area (Å²) in [6, 6.07) is 7.78. The van der Waals surface area contributed by atoms with E-state index in [9.17, 15) is 5.11 Å². The van der Waals surface area contributed by atoms with Crippen LogP contribution in [-0.4, -0.2) is 12.2 Å². The van der Waals surface area contributed by atoms with Gasteiger partial charge in [-0.2, -0.15) is 0 Å². The maximum absolute atomic E-state index is 10.6. The maximum Gasteiger partial charge on any atom is 0.118 e. The fourth-order valence-corrected chi connectivity index (χ4v) is 2.47. The Morgan fingerprint density at radius 3 is 2.47 bits per heavy atom. The van der Waals surface area contributed by atoms with Crippen molar-refractivity contribution >= 4 is 0 Å². The molecule has 2 nitrogen and oxygen atoms in total. The average molecular weight is 206 g/mol. The SMILES string of the molecule is COc1ccc([C@]2(O)CCC[C@H]2C)cc1. The number of aliphatic hydroxyl groups is 1. The van der Waals surface area contributed by atoms with Crippen LogP contribution in [0.5, 0.6) is 5.75 Å². The van der Waals surface area contributed by atoms with E-state index in [1.165, 1.54) is 0 Å². The normalized spacial score (nSPS) is 30.5. The van der Waals surface area contributed by atoms with Crippen molar-refractivity contribution in [2.75, 3.05) is 7.11 Å². The molecule has 0 aliphatic heterocycles. The van der Waals surface area contributed by atoms with Crippen LogP contribution >= 0.6 is 0 Å². The van der Waals surface area contributed by atoms with Crippen molar-refractivity contribution in [3.8, 4) is 5.75 Å². The van der Waals surface area contributed by atoms with Gasteiger partial charge < -0.3 is 9.84 Å². The molecule has 15 heavy (non-hydrogen) atoms. The van der Waals surface area contributed by atoms with Gasteiger partial charge in [0.25, 0.3) is 0 Å². The first-order valence-electron chi connectivity index (χ1n) is 5.54. The summed E-state index contributed by atoms with van der Waals surface area (Å²) in [5.41, 5.74) is 0.403. The number of hydrogen-bond acceptors (Lipinski definition) is 2. The van der Waals surface area contributed by atoms with Gasteiger partial charge in [0, 0.05) is 0 Å². The molecule has 0 spiro atoms. The molecule has 1 fully saturated rings. The molecule has 2 rings (SSSR count). The second-order valence-corrected chi connectivity index (χ2v) is 4.45. The van der Waals surface area contributed by atoms with E-state index in [0.717, 1.165) is 30.6 Å². The third-order valence-electron chi connectivity index (χ3n) is 3.60. The minimum absolute atomic E-state index is 0.353. The van der Waals surface area contributed by atoms with Gasteiger partial charge in [-0.3, -0.25) is 0 Å². The molecular weight excluding hydrogens is 188 g/mol. The van der Waals surface area contributed by atoms with E-state index < -0.39 is 5.60 Å². The Balaban J connectivity index is 2.28. The lowest BCUT2D eigenvalue weighted by atomic mass is 9.85. The van der Waals surface area contributed by atoms with Crippen molar-refractivity contribution in [3.05, 3.63) is 29.8 Å². The molecule has 0 unspecified atom stereocenters. The molecular formula is C13H18O2. The first-order valence-corrected chi connectivity index (χ1v) is 5.54. The van der Waals surface area contributed by atoms with Crippen molar-refractivity contribution in [1.29, 1.82) is 0 Å². The molecule has 0 bridgehead atoms. The van der Waals surface area contributed by atoms with E-state index in [1.807, 2.05) is 24.3 Å². The monoisotopic (exact) mass is 206 g/mol. The van der Waals surface area contributed by atoms with Gasteiger partial charge in [-0.25, -0.2) is 0 Å². The first kappa shape index (κ1) is 10.5. The van der Waals surface area contributed by atoms with Gasteiger partial charge in [0.15, 0.2) is 0 Å². The van der Waals surface area contributed by atoms with Crippen LogP contribution in [0.4, 0.5) is 0 Å². The summed E-state index contributed by atoms with van der Waals surface area (Å²) < 4.78 is 5.11. The number of hydrogen-bond donors (Lipinski definition) is 1. The topological polar surface area (TPSA) is 29.5 Å². The summed E-state index contributed by atoms with van der Waals surface area (Å²) in [5.74, 6) is 1.19. The third kappa shape index (κ3) is 1.74. The van der Waals surface area contributed by atoms with Gasteiger partial charge in [0.05, 0.1) is 12.7 Å². The Labute approximate surface area is 90.9 Å². The fourth-order valence-electron chi connectivity index (χ4n) is 2.47. The molecule has 0 saturated heterocycles. The Hall–Kier alpha value is -1.02. The van der Waals surface area contributed by atoms with Crippen LogP contribution in [0.15, 0.2) is 24.3 Å². The van der Waals surface area contributed by atoms with E-state index in [2.05, 4.69) is 6.92 Å². The predicted molar refractivity (Wildman–Crippen MR) is 59.9 cm³/mol. The molecule has 1 aromatic rings. The summed E-state index contributed by atoms with van der Waals surface area (Å²) in [6.45, 7) is 2.12. The van der Waals surface area contributed by atoms with E-state index in [-0.39, 0.29) is 0 Å². The zero-order chi connectivity index (χ0) is 10.9. The number of rotatable bonds is 2. The van der Waals surface area contributed by atoms with Gasteiger partial charge in [0.1, 0.15) is 5.75 Å². The highest BCUT2D eigenvalue weighted by atomic mass is 16.5. The molecule has 1 saturated carbocycles. The lowest BCUT2D eigenvalue weighted by molar-refractivity contribution is 0.00446. The fraction of sp³-hybridized carbons (Fsp3) is 0.538. The largest absolute Gasteiger partial charge is 0.497 e. The Morgan fingerprint density at radius 2 is 2.00 bits per heavy atom. The highest BCUT2D eigenvalue weighted by Gasteiger charge is 2.39. The van der Waals surface area contributed by atoms with Crippen molar-refractivity contribution < 1.29 is 9.84 Å². The highest BCUT2D eigenvalue weighted by molar-refractivity contribution is 5.31. The van der Waals surface area contributed by atoms with E-state index in [1.54, 1.807) is 7.11 Å². The van der Waals surface area contributed by atoms with Crippen molar-refractivity contribution in [2.45, 2.75) is 31.8 Å². The zero-order valence-electron chi connectivity index (χ0n) is 9.36. The molecule has 1 N–H and O–H groups in total. The van der Waals surface area contributed by atoms with Crippen LogP contribution in [0.3, 0.4) is 0 Å². The lowest BCUT2D eigenvalue weighted by Gasteiger charge is -2.28. The van der Waals surface area contributed by atoms with Gasteiger partial charge in [0.2, 0.25) is 0 Å². The van der Waals surface area contributed by atoms with Gasteiger partial charge in [-0.15, -0.1) is 0 Å². The minimum Gasteiger partial charge on any atom is -0.497 e. The quantitative estimate of drug-likeness (QED) is 0.806. The highest BCUT2D eigenvalue weighted by Crippen LogP contribution is 2.43. The molecule has 0 radical (unpaired) electrons. The second kappa shape index (κ2) is 3.86. The number of methoxy groups -OCH3 is 1. The van der Waals surface area contributed by atoms with Crippen LogP contribution < -0.4 is 4.74 Å². The van der Waals surface area contributed by atoms with E-state index in [0.29, 0.717) is 5.92 Å². The lowest BCUT2D eigenvalue weighted by Crippen LogP contribution is -2.28. The summed E-state index contributed by atoms with van der Waals surface area (Å²) in [7, 11) is 1.65. The van der Waals surface area contributed by atoms with Crippen molar-refractivity contribution in [1.82, 2.24) is 0 Å². The van der Waals surface area contributed by atoms with E-state index >= 15 is 0 Å². The summed E-state index contributed by atoms with van der Waals surface area (Å²) in [5, 5.41) is 10.6. The van der Waals surface area contributed by atoms with Crippen LogP contribution in [-0.2, 0) is 5.60 Å². The molecule has 82 valence electrons.